The number of halogens is 1. The summed E-state index contributed by atoms with van der Waals surface area (Å²) in [5.41, 5.74) is 0. The van der Waals surface area contributed by atoms with Gasteiger partial charge in [0.25, 0.3) is 0 Å². The second-order valence-corrected chi connectivity index (χ2v) is 3.30. The highest BCUT2D eigenvalue weighted by atomic mass is 35.5. The van der Waals surface area contributed by atoms with Gasteiger partial charge in [-0.15, -0.1) is 0 Å². The maximum Gasteiger partial charge on any atom is 0.218 e. The Kier molecular flexibility index (Phi) is 2.82. The van der Waals surface area contributed by atoms with E-state index >= 15 is 0 Å². The Labute approximate surface area is 91.5 Å². The van der Waals surface area contributed by atoms with Crippen molar-refractivity contribution in [1.82, 2.24) is 19.9 Å². The van der Waals surface area contributed by atoms with Gasteiger partial charge in [-0.25, -0.2) is 15.0 Å². The van der Waals surface area contributed by atoms with Gasteiger partial charge in [-0.2, -0.15) is 0 Å². The molecule has 0 aliphatic rings. The molecule has 1 unspecified atom stereocenters. The Balaban J connectivity index is 2.09. The lowest BCUT2D eigenvalue weighted by molar-refractivity contribution is 0.208. The molecule has 0 fully saturated rings. The van der Waals surface area contributed by atoms with E-state index in [1.165, 1.54) is 6.33 Å². The third kappa shape index (κ3) is 2.44. The van der Waals surface area contributed by atoms with Crippen molar-refractivity contribution in [3.05, 3.63) is 35.8 Å². The molecule has 6 heteroatoms. The van der Waals surface area contributed by atoms with Crippen molar-refractivity contribution < 1.29 is 4.74 Å². The Morgan fingerprint density at radius 2 is 2.27 bits per heavy atom. The van der Waals surface area contributed by atoms with Gasteiger partial charge in [-0.3, -0.25) is 0 Å². The molecule has 2 rings (SSSR count). The maximum absolute atomic E-state index is 5.70. The number of aromatic amines is 1. The number of hydrogen-bond acceptors (Lipinski definition) is 4. The zero-order valence-electron chi connectivity index (χ0n) is 8.01. The molecule has 78 valence electrons. The molecule has 15 heavy (non-hydrogen) atoms. The predicted octanol–water partition coefficient (Wildman–Crippen LogP) is 1.99. The number of nitrogens with one attached hydrogen (secondary N) is 1. The molecule has 0 saturated carbocycles. The fraction of sp³-hybridized carbons (Fsp3) is 0.222. The van der Waals surface area contributed by atoms with Crippen LogP contribution >= 0.6 is 11.6 Å². The smallest absolute Gasteiger partial charge is 0.218 e. The van der Waals surface area contributed by atoms with Crippen LogP contribution in [0.3, 0.4) is 0 Å². The second-order valence-electron chi connectivity index (χ2n) is 2.91. The minimum absolute atomic E-state index is 0.203. The van der Waals surface area contributed by atoms with Crippen LogP contribution in [-0.4, -0.2) is 19.9 Å². The molecule has 0 amide bonds. The molecule has 2 aromatic rings. The molecular weight excluding hydrogens is 216 g/mol. The van der Waals surface area contributed by atoms with Crippen molar-refractivity contribution in [2.45, 2.75) is 13.0 Å². The van der Waals surface area contributed by atoms with Crippen molar-refractivity contribution in [2.75, 3.05) is 0 Å². The van der Waals surface area contributed by atoms with Gasteiger partial charge in [0.05, 0.1) is 0 Å². The summed E-state index contributed by atoms with van der Waals surface area (Å²) < 4.78 is 5.51. The summed E-state index contributed by atoms with van der Waals surface area (Å²) in [5.74, 6) is 1.17. The standard InChI is InChI=1S/C9H9ClN4O/c1-6(9-11-2-3-12-9)15-8-4-7(10)13-5-14-8/h2-6H,1H3,(H,11,12). The van der Waals surface area contributed by atoms with Crippen molar-refractivity contribution in [3.63, 3.8) is 0 Å². The van der Waals surface area contributed by atoms with Crippen LogP contribution in [0.25, 0.3) is 0 Å². The van der Waals surface area contributed by atoms with E-state index in [9.17, 15) is 0 Å². The number of ether oxygens (including phenoxy) is 1. The molecule has 0 bridgehead atoms. The normalized spacial score (nSPS) is 12.4. The van der Waals surface area contributed by atoms with Crippen molar-refractivity contribution in [1.29, 1.82) is 0 Å². The summed E-state index contributed by atoms with van der Waals surface area (Å²) in [6, 6.07) is 1.56. The fourth-order valence-electron chi connectivity index (χ4n) is 1.12. The molecule has 0 radical (unpaired) electrons. The first-order chi connectivity index (χ1) is 7.25. The minimum atomic E-state index is -0.203. The molecule has 2 aromatic heterocycles. The first-order valence-corrected chi connectivity index (χ1v) is 4.77. The van der Waals surface area contributed by atoms with E-state index in [0.717, 1.165) is 5.82 Å². The van der Waals surface area contributed by atoms with E-state index < -0.39 is 0 Å². The van der Waals surface area contributed by atoms with Gasteiger partial charge in [-0.1, -0.05) is 11.6 Å². The summed E-state index contributed by atoms with van der Waals surface area (Å²) in [4.78, 5) is 14.7. The van der Waals surface area contributed by atoms with Crippen LogP contribution in [0.5, 0.6) is 5.88 Å². The highest BCUT2D eigenvalue weighted by Gasteiger charge is 2.10. The molecule has 0 aliphatic carbocycles. The molecule has 1 atom stereocenters. The Hall–Kier alpha value is -1.62. The van der Waals surface area contributed by atoms with Crippen molar-refractivity contribution >= 4 is 11.6 Å². The summed E-state index contributed by atoms with van der Waals surface area (Å²) in [6.45, 7) is 1.87. The number of imidazole rings is 1. The zero-order valence-corrected chi connectivity index (χ0v) is 8.77. The minimum Gasteiger partial charge on any atom is -0.466 e. The van der Waals surface area contributed by atoms with Crippen LogP contribution < -0.4 is 4.74 Å². The number of nitrogens with zero attached hydrogens (tertiary/aromatic N) is 3. The second kappa shape index (κ2) is 4.27. The summed E-state index contributed by atoms with van der Waals surface area (Å²) in [6.07, 6.45) is 4.56. The summed E-state index contributed by atoms with van der Waals surface area (Å²) in [5, 5.41) is 0.353. The van der Waals surface area contributed by atoms with E-state index in [2.05, 4.69) is 19.9 Å². The van der Waals surface area contributed by atoms with Gasteiger partial charge in [0.15, 0.2) is 6.10 Å². The van der Waals surface area contributed by atoms with E-state index in [1.807, 2.05) is 6.92 Å². The quantitative estimate of drug-likeness (QED) is 0.810. The van der Waals surface area contributed by atoms with E-state index in [1.54, 1.807) is 18.5 Å². The molecule has 0 aromatic carbocycles. The lowest BCUT2D eigenvalue weighted by Crippen LogP contribution is -2.06. The van der Waals surface area contributed by atoms with Gasteiger partial charge < -0.3 is 9.72 Å². The predicted molar refractivity (Wildman–Crippen MR) is 54.7 cm³/mol. The summed E-state index contributed by atoms with van der Waals surface area (Å²) >= 11 is 5.70. The van der Waals surface area contributed by atoms with E-state index in [4.69, 9.17) is 16.3 Å². The van der Waals surface area contributed by atoms with E-state index in [0.29, 0.717) is 11.0 Å². The first-order valence-electron chi connectivity index (χ1n) is 4.39. The molecular formula is C9H9ClN4O. The molecule has 1 N–H and O–H groups in total. The topological polar surface area (TPSA) is 63.7 Å². The van der Waals surface area contributed by atoms with Gasteiger partial charge in [0.1, 0.15) is 17.3 Å². The number of aromatic nitrogens is 4. The van der Waals surface area contributed by atoms with Crippen LogP contribution in [0.15, 0.2) is 24.8 Å². The maximum atomic E-state index is 5.70. The van der Waals surface area contributed by atoms with Gasteiger partial charge in [-0.05, 0) is 6.92 Å². The SMILES string of the molecule is CC(Oc1cc(Cl)ncn1)c1ncc[nH]1. The van der Waals surface area contributed by atoms with Crippen molar-refractivity contribution in [2.24, 2.45) is 0 Å². The van der Waals surface area contributed by atoms with Gasteiger partial charge in [0, 0.05) is 18.5 Å². The Morgan fingerprint density at radius 1 is 1.40 bits per heavy atom. The molecule has 0 spiro atoms. The third-order valence-electron chi connectivity index (χ3n) is 1.81. The highest BCUT2D eigenvalue weighted by Crippen LogP contribution is 2.18. The number of H-pyrrole nitrogens is 1. The van der Waals surface area contributed by atoms with Crippen LogP contribution in [0.2, 0.25) is 5.15 Å². The number of hydrogen-bond donors (Lipinski definition) is 1. The summed E-state index contributed by atoms with van der Waals surface area (Å²) in [7, 11) is 0. The van der Waals surface area contributed by atoms with Gasteiger partial charge in [0.2, 0.25) is 5.88 Å². The molecule has 2 heterocycles. The Bertz CT molecular complexity index is 431. The van der Waals surface area contributed by atoms with Gasteiger partial charge >= 0.3 is 0 Å². The van der Waals surface area contributed by atoms with Crippen molar-refractivity contribution in [3.8, 4) is 5.88 Å². The highest BCUT2D eigenvalue weighted by molar-refractivity contribution is 6.29. The van der Waals surface area contributed by atoms with Crippen LogP contribution in [0.4, 0.5) is 0 Å². The monoisotopic (exact) mass is 224 g/mol. The molecule has 5 nitrogen and oxygen atoms in total. The zero-order chi connectivity index (χ0) is 10.7. The first kappa shape index (κ1) is 9.92. The van der Waals surface area contributed by atoms with E-state index in [-0.39, 0.29) is 6.10 Å². The van der Waals surface area contributed by atoms with Crippen LogP contribution in [0, 0.1) is 0 Å². The van der Waals surface area contributed by atoms with Crippen LogP contribution in [-0.2, 0) is 0 Å². The molecule has 0 aliphatic heterocycles. The largest absolute Gasteiger partial charge is 0.466 e. The fourth-order valence-corrected chi connectivity index (χ4v) is 1.26. The lowest BCUT2D eigenvalue weighted by Gasteiger charge is -2.10. The van der Waals surface area contributed by atoms with Crippen LogP contribution in [0.1, 0.15) is 18.9 Å². The lowest BCUT2D eigenvalue weighted by atomic mass is 10.4. The Morgan fingerprint density at radius 3 is 2.93 bits per heavy atom. The average molecular weight is 225 g/mol. The number of rotatable bonds is 3. The average Bonchev–Trinajstić information content (AvgIpc) is 2.70. The molecule has 0 saturated heterocycles. The third-order valence-corrected chi connectivity index (χ3v) is 2.02.